The van der Waals surface area contributed by atoms with Crippen LogP contribution in [0.25, 0.3) is 0 Å². The van der Waals surface area contributed by atoms with Crippen molar-refractivity contribution < 1.29 is 8.42 Å². The molecule has 1 aromatic carbocycles. The zero-order chi connectivity index (χ0) is 13.2. The molecule has 92 valence electrons. The van der Waals surface area contributed by atoms with Crippen molar-refractivity contribution >= 4 is 26.5 Å². The van der Waals surface area contributed by atoms with Gasteiger partial charge in [0.1, 0.15) is 5.01 Å². The number of nitrogens with one attached hydrogen (secondary N) is 1. The van der Waals surface area contributed by atoms with Gasteiger partial charge in [-0.1, -0.05) is 11.3 Å². The summed E-state index contributed by atoms with van der Waals surface area (Å²) in [6, 6.07) is 7.55. The van der Waals surface area contributed by atoms with Gasteiger partial charge in [0.25, 0.3) is 10.0 Å². The Morgan fingerprint density at radius 3 is 2.44 bits per heavy atom. The van der Waals surface area contributed by atoms with Crippen LogP contribution < -0.4 is 4.72 Å². The number of benzene rings is 1. The molecule has 0 atom stereocenters. The maximum atomic E-state index is 12.0. The van der Waals surface area contributed by atoms with E-state index in [1.165, 1.54) is 24.3 Å². The molecule has 1 aromatic heterocycles. The van der Waals surface area contributed by atoms with E-state index in [0.29, 0.717) is 10.6 Å². The molecule has 0 aliphatic rings. The Hall–Kier alpha value is -1.98. The van der Waals surface area contributed by atoms with Gasteiger partial charge in [-0.25, -0.2) is 8.42 Å². The smallest absolute Gasteiger partial charge is 0.253 e. The third kappa shape index (κ3) is 2.64. The van der Waals surface area contributed by atoms with E-state index < -0.39 is 10.0 Å². The minimum absolute atomic E-state index is 0.0781. The Labute approximate surface area is 108 Å². The van der Waals surface area contributed by atoms with Crippen LogP contribution >= 0.6 is 11.3 Å². The molecule has 0 saturated heterocycles. The quantitative estimate of drug-likeness (QED) is 0.919. The molecule has 0 spiro atoms. The third-order valence-corrected chi connectivity index (χ3v) is 4.28. The molecule has 2 rings (SSSR count). The number of nitrogens with zero attached hydrogens (tertiary/aromatic N) is 3. The van der Waals surface area contributed by atoms with Crippen molar-refractivity contribution in [2.24, 2.45) is 0 Å². The maximum Gasteiger partial charge on any atom is 0.263 e. The van der Waals surface area contributed by atoms with E-state index in [4.69, 9.17) is 5.26 Å². The van der Waals surface area contributed by atoms with Crippen molar-refractivity contribution in [2.45, 2.75) is 11.8 Å². The Morgan fingerprint density at radius 2 is 1.94 bits per heavy atom. The predicted octanol–water partition coefficient (Wildman–Crippen LogP) is 1.52. The summed E-state index contributed by atoms with van der Waals surface area (Å²) >= 11 is 1.15. The molecule has 18 heavy (non-hydrogen) atoms. The molecule has 0 fully saturated rings. The highest BCUT2D eigenvalue weighted by molar-refractivity contribution is 7.93. The largest absolute Gasteiger partial charge is 0.263 e. The molecule has 0 bridgehead atoms. The maximum absolute atomic E-state index is 12.0. The van der Waals surface area contributed by atoms with Crippen LogP contribution in [0.5, 0.6) is 0 Å². The Morgan fingerprint density at radius 1 is 1.28 bits per heavy atom. The first-order chi connectivity index (χ1) is 8.51. The van der Waals surface area contributed by atoms with E-state index in [2.05, 4.69) is 14.9 Å². The molecule has 1 N–H and O–H groups in total. The van der Waals surface area contributed by atoms with E-state index in [1.54, 1.807) is 6.92 Å². The highest BCUT2D eigenvalue weighted by Gasteiger charge is 2.16. The van der Waals surface area contributed by atoms with Crippen molar-refractivity contribution in [1.82, 2.24) is 10.2 Å². The first-order valence-electron chi connectivity index (χ1n) is 4.84. The number of hydrogen-bond acceptors (Lipinski definition) is 6. The van der Waals surface area contributed by atoms with Crippen molar-refractivity contribution in [3.05, 3.63) is 34.8 Å². The van der Waals surface area contributed by atoms with E-state index in [1.807, 2.05) is 6.07 Å². The van der Waals surface area contributed by atoms with E-state index in [-0.39, 0.29) is 10.0 Å². The van der Waals surface area contributed by atoms with Crippen molar-refractivity contribution in [1.29, 1.82) is 5.26 Å². The third-order valence-electron chi connectivity index (χ3n) is 2.04. The monoisotopic (exact) mass is 280 g/mol. The van der Waals surface area contributed by atoms with Gasteiger partial charge in [-0.2, -0.15) is 5.26 Å². The minimum Gasteiger partial charge on any atom is -0.253 e. The van der Waals surface area contributed by atoms with Gasteiger partial charge in [0.15, 0.2) is 0 Å². The lowest BCUT2D eigenvalue weighted by Gasteiger charge is -2.04. The highest BCUT2D eigenvalue weighted by atomic mass is 32.2. The molecular weight excluding hydrogens is 272 g/mol. The van der Waals surface area contributed by atoms with E-state index in [0.717, 1.165) is 11.3 Å². The molecule has 0 aliphatic carbocycles. The van der Waals surface area contributed by atoms with Crippen molar-refractivity contribution in [2.75, 3.05) is 4.72 Å². The predicted molar refractivity (Wildman–Crippen MR) is 66.6 cm³/mol. The summed E-state index contributed by atoms with van der Waals surface area (Å²) in [5, 5.41) is 16.9. The lowest BCUT2D eigenvalue weighted by molar-refractivity contribution is 0.601. The number of sulfonamides is 1. The summed E-state index contributed by atoms with van der Waals surface area (Å²) in [5.41, 5.74) is 0.403. The standard InChI is InChI=1S/C10H8N4O2S2/c1-7-12-13-10(17-7)14-18(15,16)9-4-2-8(6-11)3-5-9/h2-5H,1H3,(H,13,14). The van der Waals surface area contributed by atoms with Gasteiger partial charge < -0.3 is 0 Å². The van der Waals surface area contributed by atoms with Crippen molar-refractivity contribution in [3.8, 4) is 6.07 Å². The molecule has 0 saturated carbocycles. The van der Waals surface area contributed by atoms with Crippen LogP contribution in [0.4, 0.5) is 5.13 Å². The average Bonchev–Trinajstić information content (AvgIpc) is 2.74. The van der Waals surface area contributed by atoms with Gasteiger partial charge in [0.2, 0.25) is 5.13 Å². The Balaban J connectivity index is 2.28. The average molecular weight is 280 g/mol. The van der Waals surface area contributed by atoms with E-state index >= 15 is 0 Å². The van der Waals surface area contributed by atoms with Crippen LogP contribution in [0.1, 0.15) is 10.6 Å². The molecule has 6 nitrogen and oxygen atoms in total. The van der Waals surface area contributed by atoms with Gasteiger partial charge in [-0.15, -0.1) is 10.2 Å². The first kappa shape index (κ1) is 12.5. The Bertz CT molecular complexity index is 698. The number of anilines is 1. The summed E-state index contributed by atoms with van der Waals surface area (Å²) in [4.78, 5) is 0.0781. The summed E-state index contributed by atoms with van der Waals surface area (Å²) in [5.74, 6) is 0. The van der Waals surface area contributed by atoms with Crippen LogP contribution in [0, 0.1) is 18.3 Å². The van der Waals surface area contributed by atoms with Gasteiger partial charge in [0, 0.05) is 0 Å². The number of aromatic nitrogens is 2. The number of rotatable bonds is 3. The number of hydrogen-bond donors (Lipinski definition) is 1. The summed E-state index contributed by atoms with van der Waals surface area (Å²) < 4.78 is 26.2. The lowest BCUT2D eigenvalue weighted by Crippen LogP contribution is -2.12. The second-order valence-electron chi connectivity index (χ2n) is 3.37. The van der Waals surface area contributed by atoms with Crippen LogP contribution in [0.3, 0.4) is 0 Å². The normalized spacial score (nSPS) is 10.9. The fraction of sp³-hybridized carbons (Fsp3) is 0.100. The molecular formula is C10H8N4O2S2. The van der Waals surface area contributed by atoms with Crippen LogP contribution in [-0.4, -0.2) is 18.6 Å². The highest BCUT2D eigenvalue weighted by Crippen LogP contribution is 2.19. The second kappa shape index (κ2) is 4.72. The fourth-order valence-electron chi connectivity index (χ4n) is 1.22. The molecule has 0 radical (unpaired) electrons. The zero-order valence-corrected chi connectivity index (χ0v) is 10.9. The summed E-state index contributed by atoms with van der Waals surface area (Å²) in [7, 11) is -3.68. The van der Waals surface area contributed by atoms with Crippen molar-refractivity contribution in [3.63, 3.8) is 0 Å². The lowest BCUT2D eigenvalue weighted by atomic mass is 10.2. The van der Waals surface area contributed by atoms with Crippen LogP contribution in [0.2, 0.25) is 0 Å². The topological polar surface area (TPSA) is 95.7 Å². The Kier molecular flexibility index (Phi) is 3.27. The first-order valence-corrected chi connectivity index (χ1v) is 7.14. The molecule has 8 heteroatoms. The summed E-state index contributed by atoms with van der Waals surface area (Å²) in [6.07, 6.45) is 0. The zero-order valence-electron chi connectivity index (χ0n) is 9.28. The molecule has 0 amide bonds. The number of aryl methyl sites for hydroxylation is 1. The van der Waals surface area contributed by atoms with Gasteiger partial charge in [-0.3, -0.25) is 4.72 Å². The number of nitriles is 1. The van der Waals surface area contributed by atoms with Crippen LogP contribution in [0.15, 0.2) is 29.2 Å². The molecule has 2 aromatic rings. The van der Waals surface area contributed by atoms with E-state index in [9.17, 15) is 8.42 Å². The van der Waals surface area contributed by atoms with Gasteiger partial charge in [0.05, 0.1) is 16.5 Å². The van der Waals surface area contributed by atoms with Gasteiger partial charge in [-0.05, 0) is 31.2 Å². The second-order valence-corrected chi connectivity index (χ2v) is 6.23. The molecule has 0 unspecified atom stereocenters. The summed E-state index contributed by atoms with van der Waals surface area (Å²) in [6.45, 7) is 1.73. The van der Waals surface area contributed by atoms with Gasteiger partial charge >= 0.3 is 0 Å². The minimum atomic E-state index is -3.68. The fourth-order valence-corrected chi connectivity index (χ4v) is 3.04. The van der Waals surface area contributed by atoms with Crippen LogP contribution in [-0.2, 0) is 10.0 Å². The molecule has 1 heterocycles. The molecule has 0 aliphatic heterocycles. The SMILES string of the molecule is Cc1nnc(NS(=O)(=O)c2ccc(C#N)cc2)s1.